The molecular formula is C41H71NO13. The summed E-state index contributed by atoms with van der Waals surface area (Å²) < 4.78 is 22.5. The van der Waals surface area contributed by atoms with E-state index in [4.69, 9.17) is 18.9 Å². The Hall–Kier alpha value is -2.05. The molecule has 2 aliphatic heterocycles. The molecule has 2 heterocycles. The van der Waals surface area contributed by atoms with Crippen molar-refractivity contribution in [2.75, 3.05) is 19.8 Å². The van der Waals surface area contributed by atoms with Gasteiger partial charge in [0.05, 0.1) is 32.0 Å². The fraction of sp³-hybridized carbons (Fsp3) is 0.780. The van der Waals surface area contributed by atoms with Crippen LogP contribution in [0, 0.1) is 0 Å². The van der Waals surface area contributed by atoms with E-state index >= 15 is 0 Å². The molecule has 14 nitrogen and oxygen atoms in total. The predicted molar refractivity (Wildman–Crippen MR) is 207 cm³/mol. The zero-order chi connectivity index (χ0) is 40.4. The van der Waals surface area contributed by atoms with Crippen LogP contribution in [-0.2, 0) is 23.7 Å². The molecule has 2 rings (SSSR count). The van der Waals surface area contributed by atoms with Crippen LogP contribution < -0.4 is 5.32 Å². The fourth-order valence-electron chi connectivity index (χ4n) is 6.42. The molecule has 2 fully saturated rings. The van der Waals surface area contributed by atoms with Gasteiger partial charge in [-0.1, -0.05) is 114 Å². The van der Waals surface area contributed by atoms with Crippen molar-refractivity contribution in [1.82, 2.24) is 5.32 Å². The molecule has 0 aromatic rings. The molecule has 14 heteroatoms. The molecule has 0 bridgehead atoms. The summed E-state index contributed by atoms with van der Waals surface area (Å²) in [5, 5.41) is 86.1. The van der Waals surface area contributed by atoms with Crippen molar-refractivity contribution in [3.63, 3.8) is 0 Å². The van der Waals surface area contributed by atoms with E-state index in [9.17, 15) is 45.6 Å². The van der Waals surface area contributed by atoms with Crippen LogP contribution in [0.2, 0.25) is 0 Å². The number of amides is 1. The van der Waals surface area contributed by atoms with Gasteiger partial charge in [0.2, 0.25) is 5.91 Å². The Morgan fingerprint density at radius 1 is 0.673 bits per heavy atom. The van der Waals surface area contributed by atoms with Crippen LogP contribution in [-0.4, -0.2) is 140 Å². The van der Waals surface area contributed by atoms with Crippen LogP contribution in [0.15, 0.2) is 48.6 Å². The molecule has 0 aromatic heterocycles. The molecule has 0 aliphatic carbocycles. The van der Waals surface area contributed by atoms with Crippen molar-refractivity contribution in [2.45, 2.75) is 184 Å². The van der Waals surface area contributed by atoms with Crippen LogP contribution in [0.5, 0.6) is 0 Å². The average molecular weight is 786 g/mol. The summed E-state index contributed by atoms with van der Waals surface area (Å²) in [6.07, 6.45) is 13.1. The highest BCUT2D eigenvalue weighted by Crippen LogP contribution is 2.30. The van der Waals surface area contributed by atoms with E-state index in [2.05, 4.69) is 55.6 Å². The van der Waals surface area contributed by atoms with Crippen molar-refractivity contribution in [3.8, 4) is 0 Å². The summed E-state index contributed by atoms with van der Waals surface area (Å²) in [7, 11) is 0. The number of allylic oxidation sites excluding steroid dienone is 8. The lowest BCUT2D eigenvalue weighted by Crippen LogP contribution is -2.65. The summed E-state index contributed by atoms with van der Waals surface area (Å²) in [5.41, 5.74) is 0. The van der Waals surface area contributed by atoms with Crippen molar-refractivity contribution in [1.29, 1.82) is 0 Å². The molecule has 9 N–H and O–H groups in total. The van der Waals surface area contributed by atoms with Gasteiger partial charge >= 0.3 is 0 Å². The first-order valence-corrected chi connectivity index (χ1v) is 20.4. The number of aliphatic hydroxyl groups excluding tert-OH is 8. The highest BCUT2D eigenvalue weighted by atomic mass is 16.7. The molecule has 318 valence electrons. The van der Waals surface area contributed by atoms with Gasteiger partial charge in [0.25, 0.3) is 0 Å². The van der Waals surface area contributed by atoms with Crippen molar-refractivity contribution < 1.29 is 64.6 Å². The highest BCUT2D eigenvalue weighted by molar-refractivity contribution is 5.76. The Kier molecular flexibility index (Phi) is 26.1. The number of ether oxygens (including phenoxy) is 4. The maximum absolute atomic E-state index is 13.0. The molecular weight excluding hydrogens is 714 g/mol. The summed E-state index contributed by atoms with van der Waals surface area (Å²) >= 11 is 0. The first-order valence-electron chi connectivity index (χ1n) is 20.4. The third kappa shape index (κ3) is 18.4. The number of carbonyl (C=O) groups excluding carboxylic acids is 1. The Morgan fingerprint density at radius 2 is 1.22 bits per heavy atom. The Balaban J connectivity index is 1.96. The second kappa shape index (κ2) is 29.2. The van der Waals surface area contributed by atoms with Crippen molar-refractivity contribution in [3.05, 3.63) is 48.6 Å². The number of rotatable bonds is 28. The van der Waals surface area contributed by atoms with Gasteiger partial charge in [0, 0.05) is 6.42 Å². The normalized spacial score (nSPS) is 30.2. The van der Waals surface area contributed by atoms with Gasteiger partial charge in [-0.05, 0) is 38.5 Å². The minimum Gasteiger partial charge on any atom is -0.394 e. The molecule has 2 saturated heterocycles. The zero-order valence-electron chi connectivity index (χ0n) is 32.9. The molecule has 0 radical (unpaired) electrons. The third-order valence-electron chi connectivity index (χ3n) is 9.82. The topological polar surface area (TPSA) is 228 Å². The first-order chi connectivity index (χ1) is 26.6. The van der Waals surface area contributed by atoms with Crippen LogP contribution in [0.3, 0.4) is 0 Å². The van der Waals surface area contributed by atoms with Gasteiger partial charge in [-0.2, -0.15) is 0 Å². The standard InChI is InChI=1S/C41H71NO13/c1-3-5-7-9-11-13-14-15-16-17-19-21-23-25-33(46)42-29(30(45)24-22-20-18-12-10-8-6-4-2)28-52-40-38(51)36(49)39(32(27-44)54-40)55-41-37(50)35(48)34(47)31(26-43)53-41/h5,7,11,13,15-16,19,21,29-32,34-41,43-45,47-51H,3-4,6,8-10,12,14,17-18,20,22-28H2,1-2H3,(H,42,46)/b7-5-,13-11-,16-15-,21-19-. The minimum atomic E-state index is -1.79. The number of nitrogens with one attached hydrogen (secondary N) is 1. The lowest BCUT2D eigenvalue weighted by molar-refractivity contribution is -0.359. The molecule has 55 heavy (non-hydrogen) atoms. The van der Waals surface area contributed by atoms with E-state index in [1.54, 1.807) is 0 Å². The second-order valence-electron chi connectivity index (χ2n) is 14.4. The Labute approximate surface area is 327 Å². The number of hydrogen-bond acceptors (Lipinski definition) is 13. The lowest BCUT2D eigenvalue weighted by atomic mass is 9.97. The zero-order valence-corrected chi connectivity index (χ0v) is 32.9. The summed E-state index contributed by atoms with van der Waals surface area (Å²) in [6, 6.07) is -0.863. The van der Waals surface area contributed by atoms with E-state index in [1.165, 1.54) is 25.7 Å². The minimum absolute atomic E-state index is 0.181. The number of aliphatic hydroxyl groups is 8. The summed E-state index contributed by atoms with van der Waals surface area (Å²) in [5.74, 6) is -0.294. The molecule has 12 atom stereocenters. The molecule has 0 aromatic carbocycles. The summed E-state index contributed by atoms with van der Waals surface area (Å²) in [6.45, 7) is 2.59. The monoisotopic (exact) mass is 785 g/mol. The summed E-state index contributed by atoms with van der Waals surface area (Å²) in [4.78, 5) is 13.0. The fourth-order valence-corrected chi connectivity index (χ4v) is 6.42. The van der Waals surface area contributed by atoms with Crippen LogP contribution >= 0.6 is 0 Å². The number of hydrogen-bond donors (Lipinski definition) is 9. The molecule has 0 saturated carbocycles. The quantitative estimate of drug-likeness (QED) is 0.0411. The van der Waals surface area contributed by atoms with E-state index in [1.807, 2.05) is 12.2 Å². The Morgan fingerprint density at radius 3 is 1.82 bits per heavy atom. The van der Waals surface area contributed by atoms with Gasteiger partial charge in [-0.15, -0.1) is 0 Å². The van der Waals surface area contributed by atoms with Crippen LogP contribution in [0.25, 0.3) is 0 Å². The molecule has 2 aliphatic rings. The lowest BCUT2D eigenvalue weighted by Gasteiger charge is -2.46. The van der Waals surface area contributed by atoms with Crippen LogP contribution in [0.1, 0.15) is 110 Å². The van der Waals surface area contributed by atoms with E-state index in [0.29, 0.717) is 12.8 Å². The maximum atomic E-state index is 13.0. The second-order valence-corrected chi connectivity index (χ2v) is 14.4. The van der Waals surface area contributed by atoms with Gasteiger partial charge in [0.15, 0.2) is 12.6 Å². The SMILES string of the molecule is CC/C=C\C/C=C\C/C=C\C/C=C\CCC(=O)NC(COC1OC(CO)C(OC2OC(CO)C(O)C(O)C2O)C(O)C1O)C(O)CCCCCCCCCC. The van der Waals surface area contributed by atoms with E-state index < -0.39 is 86.8 Å². The van der Waals surface area contributed by atoms with Gasteiger partial charge in [0.1, 0.15) is 48.8 Å². The van der Waals surface area contributed by atoms with Crippen LogP contribution in [0.4, 0.5) is 0 Å². The largest absolute Gasteiger partial charge is 0.394 e. The van der Waals surface area contributed by atoms with Crippen molar-refractivity contribution in [2.24, 2.45) is 0 Å². The number of carbonyl (C=O) groups is 1. The first kappa shape index (κ1) is 49.1. The average Bonchev–Trinajstić information content (AvgIpc) is 3.18. The Bertz CT molecular complexity index is 1120. The molecule has 0 spiro atoms. The van der Waals surface area contributed by atoms with Crippen molar-refractivity contribution >= 4 is 5.91 Å². The highest BCUT2D eigenvalue weighted by Gasteiger charge is 2.50. The molecule has 12 unspecified atom stereocenters. The third-order valence-corrected chi connectivity index (χ3v) is 9.82. The van der Waals surface area contributed by atoms with Gasteiger partial charge in [-0.25, -0.2) is 0 Å². The number of unbranched alkanes of at least 4 members (excludes halogenated alkanes) is 7. The molecule has 1 amide bonds. The maximum Gasteiger partial charge on any atom is 0.220 e. The van der Waals surface area contributed by atoms with Gasteiger partial charge in [-0.3, -0.25) is 4.79 Å². The van der Waals surface area contributed by atoms with E-state index in [0.717, 1.165) is 51.4 Å². The predicted octanol–water partition coefficient (Wildman–Crippen LogP) is 2.59. The van der Waals surface area contributed by atoms with Gasteiger partial charge < -0.3 is 65.1 Å². The van der Waals surface area contributed by atoms with E-state index in [-0.39, 0.29) is 18.9 Å². The smallest absolute Gasteiger partial charge is 0.220 e.